The topological polar surface area (TPSA) is 66.5 Å². The molecule has 0 radical (unpaired) electrons. The van der Waals surface area contributed by atoms with E-state index in [1.54, 1.807) is 11.3 Å². The van der Waals surface area contributed by atoms with Gasteiger partial charge in [-0.15, -0.1) is 11.3 Å². The van der Waals surface area contributed by atoms with Crippen LogP contribution in [0, 0.1) is 0 Å². The van der Waals surface area contributed by atoms with Gasteiger partial charge in [0.05, 0.1) is 24.0 Å². The number of aryl methyl sites for hydroxylation is 1. The van der Waals surface area contributed by atoms with Gasteiger partial charge in [0.25, 0.3) is 5.91 Å². The van der Waals surface area contributed by atoms with Crippen molar-refractivity contribution in [2.45, 2.75) is 39.0 Å². The number of carbonyl (C=O) groups excluding carboxylic acids is 1. The molecule has 28 heavy (non-hydrogen) atoms. The molecule has 1 saturated heterocycles. The fraction of sp³-hybridized carbons (Fsp3) is 0.524. The van der Waals surface area contributed by atoms with E-state index in [0.29, 0.717) is 13.2 Å². The van der Waals surface area contributed by atoms with Crippen molar-refractivity contribution < 1.29 is 9.53 Å². The Morgan fingerprint density at radius 3 is 3.14 bits per heavy atom. The van der Waals surface area contributed by atoms with E-state index in [1.165, 1.54) is 16.0 Å². The zero-order chi connectivity index (χ0) is 19.3. The number of aromatic nitrogens is 1. The smallest absolute Gasteiger partial charge is 0.252 e. The van der Waals surface area contributed by atoms with Gasteiger partial charge in [0.1, 0.15) is 0 Å². The van der Waals surface area contributed by atoms with Gasteiger partial charge < -0.3 is 15.4 Å². The van der Waals surface area contributed by atoms with E-state index < -0.39 is 0 Å². The Hall–Kier alpha value is -1.80. The molecule has 0 aromatic carbocycles. The van der Waals surface area contributed by atoms with Crippen LogP contribution in [0.4, 0.5) is 0 Å². The highest BCUT2D eigenvalue weighted by Gasteiger charge is 2.24. The summed E-state index contributed by atoms with van der Waals surface area (Å²) in [4.78, 5) is 20.9. The largest absolute Gasteiger partial charge is 0.374 e. The molecule has 4 heterocycles. The van der Waals surface area contributed by atoms with Gasteiger partial charge in [0.2, 0.25) is 0 Å². The molecule has 150 valence electrons. The van der Waals surface area contributed by atoms with Gasteiger partial charge in [0, 0.05) is 55.7 Å². The van der Waals surface area contributed by atoms with Crippen LogP contribution in [0.2, 0.25) is 0 Å². The third-order valence-corrected chi connectivity index (χ3v) is 6.46. The molecule has 1 amide bonds. The fourth-order valence-corrected chi connectivity index (χ4v) is 4.87. The molecule has 4 rings (SSSR count). The standard InChI is InChI=1S/C21H28N4O2S/c1-2-15-3-4-16(23-9-15)12-25-7-5-18-19(14-28-20(18)13-25)21(26)24-11-17-10-22-6-8-27-17/h3-4,9,14,17,22H,2,5-8,10-13H2,1H3,(H,24,26)/t17-/m1/s1. The Labute approximate surface area is 170 Å². The lowest BCUT2D eigenvalue weighted by molar-refractivity contribution is 0.0287. The third kappa shape index (κ3) is 4.60. The van der Waals surface area contributed by atoms with E-state index in [1.807, 2.05) is 11.6 Å². The number of ether oxygens (including phenoxy) is 1. The van der Waals surface area contributed by atoms with Crippen LogP contribution in [0.15, 0.2) is 23.7 Å². The molecule has 1 fully saturated rings. The number of hydrogen-bond donors (Lipinski definition) is 2. The number of rotatable bonds is 6. The summed E-state index contributed by atoms with van der Waals surface area (Å²) in [6, 6.07) is 4.29. The predicted molar refractivity (Wildman–Crippen MR) is 111 cm³/mol. The number of fused-ring (bicyclic) bond motifs is 1. The van der Waals surface area contributed by atoms with E-state index in [9.17, 15) is 4.79 Å². The molecule has 0 unspecified atom stereocenters. The van der Waals surface area contributed by atoms with Crippen molar-refractivity contribution in [3.05, 3.63) is 51.0 Å². The Bertz CT molecular complexity index is 799. The highest BCUT2D eigenvalue weighted by molar-refractivity contribution is 7.10. The van der Waals surface area contributed by atoms with Gasteiger partial charge in [-0.25, -0.2) is 0 Å². The summed E-state index contributed by atoms with van der Waals surface area (Å²) in [5, 5.41) is 8.35. The lowest BCUT2D eigenvalue weighted by atomic mass is 10.0. The van der Waals surface area contributed by atoms with E-state index in [0.717, 1.165) is 56.8 Å². The molecule has 2 N–H and O–H groups in total. The predicted octanol–water partition coefficient (Wildman–Crippen LogP) is 1.98. The quantitative estimate of drug-likeness (QED) is 0.776. The molecule has 1 atom stereocenters. The van der Waals surface area contributed by atoms with Crippen molar-refractivity contribution in [3.63, 3.8) is 0 Å². The second-order valence-corrected chi connectivity index (χ2v) is 8.39. The summed E-state index contributed by atoms with van der Waals surface area (Å²) >= 11 is 1.70. The van der Waals surface area contributed by atoms with Gasteiger partial charge in [-0.1, -0.05) is 13.0 Å². The summed E-state index contributed by atoms with van der Waals surface area (Å²) in [5.74, 6) is 0.0249. The molecule has 2 aliphatic rings. The van der Waals surface area contributed by atoms with Crippen LogP contribution in [0.5, 0.6) is 0 Å². The Kier molecular flexibility index (Phi) is 6.36. The molecule has 0 spiro atoms. The number of nitrogens with one attached hydrogen (secondary N) is 2. The van der Waals surface area contributed by atoms with Gasteiger partial charge in [-0.3, -0.25) is 14.7 Å². The first-order chi connectivity index (χ1) is 13.7. The van der Waals surface area contributed by atoms with Crippen molar-refractivity contribution in [3.8, 4) is 0 Å². The monoisotopic (exact) mass is 400 g/mol. The van der Waals surface area contributed by atoms with Crippen LogP contribution in [-0.2, 0) is 30.7 Å². The maximum absolute atomic E-state index is 12.6. The number of amides is 1. The van der Waals surface area contributed by atoms with Crippen molar-refractivity contribution in [1.82, 2.24) is 20.5 Å². The first-order valence-electron chi connectivity index (χ1n) is 10.1. The Morgan fingerprint density at radius 2 is 2.39 bits per heavy atom. The third-order valence-electron chi connectivity index (χ3n) is 5.45. The van der Waals surface area contributed by atoms with E-state index in [2.05, 4.69) is 39.6 Å². The summed E-state index contributed by atoms with van der Waals surface area (Å²) in [5.41, 5.74) is 4.44. The number of hydrogen-bond acceptors (Lipinski definition) is 6. The number of carbonyl (C=O) groups is 1. The Morgan fingerprint density at radius 1 is 1.46 bits per heavy atom. The highest BCUT2D eigenvalue weighted by Crippen LogP contribution is 2.29. The zero-order valence-electron chi connectivity index (χ0n) is 16.4. The summed E-state index contributed by atoms with van der Waals surface area (Å²) < 4.78 is 5.66. The molecule has 0 aliphatic carbocycles. The van der Waals surface area contributed by atoms with E-state index >= 15 is 0 Å². The van der Waals surface area contributed by atoms with Crippen molar-refractivity contribution in [2.24, 2.45) is 0 Å². The van der Waals surface area contributed by atoms with E-state index in [-0.39, 0.29) is 12.0 Å². The second kappa shape index (κ2) is 9.13. The van der Waals surface area contributed by atoms with Crippen LogP contribution in [0.25, 0.3) is 0 Å². The fourth-order valence-electron chi connectivity index (χ4n) is 3.75. The van der Waals surface area contributed by atoms with Crippen LogP contribution in [0.3, 0.4) is 0 Å². The first kappa shape index (κ1) is 19.5. The minimum absolute atomic E-state index is 0.0249. The van der Waals surface area contributed by atoms with Gasteiger partial charge >= 0.3 is 0 Å². The Balaban J connectivity index is 1.33. The van der Waals surface area contributed by atoms with Crippen LogP contribution >= 0.6 is 11.3 Å². The molecule has 0 bridgehead atoms. The van der Waals surface area contributed by atoms with Crippen molar-refractivity contribution in [2.75, 3.05) is 32.8 Å². The molecule has 2 aliphatic heterocycles. The average Bonchev–Trinajstić information content (AvgIpc) is 3.17. The summed E-state index contributed by atoms with van der Waals surface area (Å²) in [7, 11) is 0. The molecule has 0 saturated carbocycles. The first-order valence-corrected chi connectivity index (χ1v) is 11.0. The zero-order valence-corrected chi connectivity index (χ0v) is 17.2. The van der Waals surface area contributed by atoms with Crippen LogP contribution < -0.4 is 10.6 Å². The van der Waals surface area contributed by atoms with Gasteiger partial charge in [0.15, 0.2) is 0 Å². The highest BCUT2D eigenvalue weighted by atomic mass is 32.1. The SMILES string of the molecule is CCc1ccc(CN2CCc3c(C(=O)NC[C@H]4CNCCO4)csc3C2)nc1. The van der Waals surface area contributed by atoms with E-state index in [4.69, 9.17) is 4.74 Å². The minimum Gasteiger partial charge on any atom is -0.374 e. The van der Waals surface area contributed by atoms with Crippen molar-refractivity contribution in [1.29, 1.82) is 0 Å². The lowest BCUT2D eigenvalue weighted by Gasteiger charge is -2.27. The molecule has 7 heteroatoms. The molecule has 2 aromatic heterocycles. The van der Waals surface area contributed by atoms with Crippen molar-refractivity contribution >= 4 is 17.2 Å². The lowest BCUT2D eigenvalue weighted by Crippen LogP contribution is -2.45. The normalized spacial score (nSPS) is 20.0. The number of nitrogens with zero attached hydrogens (tertiary/aromatic N) is 2. The second-order valence-electron chi connectivity index (χ2n) is 7.43. The molecular formula is C21H28N4O2S. The number of morpholine rings is 1. The molecule has 6 nitrogen and oxygen atoms in total. The molecule has 2 aromatic rings. The van der Waals surface area contributed by atoms with Crippen LogP contribution in [-0.4, -0.2) is 54.7 Å². The number of thiophene rings is 1. The maximum atomic E-state index is 12.6. The maximum Gasteiger partial charge on any atom is 0.252 e. The minimum atomic E-state index is 0.0249. The number of pyridine rings is 1. The van der Waals surface area contributed by atoms with Gasteiger partial charge in [-0.2, -0.15) is 0 Å². The van der Waals surface area contributed by atoms with Crippen LogP contribution in [0.1, 0.15) is 39.0 Å². The average molecular weight is 401 g/mol. The molecular weight excluding hydrogens is 372 g/mol. The summed E-state index contributed by atoms with van der Waals surface area (Å²) in [6.07, 6.45) is 3.97. The summed E-state index contributed by atoms with van der Waals surface area (Å²) in [6.45, 7) is 7.79. The van der Waals surface area contributed by atoms with Gasteiger partial charge in [-0.05, 0) is 30.0 Å².